The van der Waals surface area contributed by atoms with Gasteiger partial charge in [-0.05, 0) is 11.6 Å². The normalized spacial score (nSPS) is 29.1. The van der Waals surface area contributed by atoms with Gasteiger partial charge in [-0.2, -0.15) is 11.8 Å². The lowest BCUT2D eigenvalue weighted by molar-refractivity contribution is 0.829. The van der Waals surface area contributed by atoms with Crippen molar-refractivity contribution in [2.45, 2.75) is 17.4 Å². The molecule has 1 saturated heterocycles. The molecule has 0 aliphatic carbocycles. The number of aromatic amines is 1. The van der Waals surface area contributed by atoms with Crippen molar-refractivity contribution in [3.63, 3.8) is 0 Å². The van der Waals surface area contributed by atoms with E-state index in [-0.39, 0.29) is 0 Å². The van der Waals surface area contributed by atoms with Crippen LogP contribution in [0.15, 0.2) is 0 Å². The van der Waals surface area contributed by atoms with Crippen molar-refractivity contribution >= 4 is 35.1 Å². The van der Waals surface area contributed by atoms with Crippen molar-refractivity contribution in [1.29, 1.82) is 0 Å². The molecular weight excluding hydrogens is 226 g/mol. The van der Waals surface area contributed by atoms with Gasteiger partial charge >= 0.3 is 0 Å². The van der Waals surface area contributed by atoms with Crippen molar-refractivity contribution in [2.75, 3.05) is 11.5 Å². The van der Waals surface area contributed by atoms with Gasteiger partial charge in [-0.25, -0.2) is 4.98 Å². The summed E-state index contributed by atoms with van der Waals surface area (Å²) in [5.74, 6) is 3.32. The second-order valence-corrected chi connectivity index (χ2v) is 5.93. The molecular formula is C7H10ClN3S2. The Balaban J connectivity index is 2.14. The molecule has 13 heavy (non-hydrogen) atoms. The zero-order valence-corrected chi connectivity index (χ0v) is 9.55. The zero-order valence-electron chi connectivity index (χ0n) is 7.16. The summed E-state index contributed by atoms with van der Waals surface area (Å²) >= 11 is 9.56. The maximum absolute atomic E-state index is 5.66. The third kappa shape index (κ3) is 2.14. The van der Waals surface area contributed by atoms with Crippen LogP contribution < -0.4 is 0 Å². The van der Waals surface area contributed by atoms with Crippen LogP contribution in [0.3, 0.4) is 0 Å². The Labute approximate surface area is 90.4 Å². The van der Waals surface area contributed by atoms with Crippen LogP contribution in [0, 0.1) is 0 Å². The summed E-state index contributed by atoms with van der Waals surface area (Å²) in [6.07, 6.45) is 0. The van der Waals surface area contributed by atoms with E-state index in [1.165, 1.54) is 11.5 Å². The molecule has 2 rings (SSSR count). The fourth-order valence-electron chi connectivity index (χ4n) is 1.31. The highest BCUT2D eigenvalue weighted by atomic mass is 35.5. The van der Waals surface area contributed by atoms with Gasteiger partial charge in [0.15, 0.2) is 0 Å². The minimum absolute atomic E-state index is 0.318. The lowest BCUT2D eigenvalue weighted by Gasteiger charge is -2.25. The van der Waals surface area contributed by atoms with E-state index in [0.29, 0.717) is 15.8 Å². The molecule has 2 atom stereocenters. The topological polar surface area (TPSA) is 41.6 Å². The number of hydrogen-bond acceptors (Lipinski definition) is 4. The van der Waals surface area contributed by atoms with Gasteiger partial charge in [-0.15, -0.1) is 16.9 Å². The van der Waals surface area contributed by atoms with Gasteiger partial charge in [0, 0.05) is 16.8 Å². The van der Waals surface area contributed by atoms with Gasteiger partial charge in [0.1, 0.15) is 5.82 Å². The van der Waals surface area contributed by atoms with Gasteiger partial charge in [-0.3, -0.25) is 5.10 Å². The Bertz CT molecular complexity index is 291. The Morgan fingerprint density at radius 1 is 1.46 bits per heavy atom. The van der Waals surface area contributed by atoms with E-state index in [2.05, 4.69) is 22.1 Å². The standard InChI is InChI=1S/C7H10ClN3S2/c1-4-5(13-3-2-12-4)6-9-7(8)11-10-6/h4-5H,2-3H2,1H3,(H,9,10,11). The van der Waals surface area contributed by atoms with Crippen LogP contribution in [0.5, 0.6) is 0 Å². The van der Waals surface area contributed by atoms with Crippen LogP contribution in [0.4, 0.5) is 0 Å². The number of H-pyrrole nitrogens is 1. The van der Waals surface area contributed by atoms with E-state index in [0.717, 1.165) is 5.82 Å². The number of nitrogens with one attached hydrogen (secondary N) is 1. The van der Waals surface area contributed by atoms with E-state index in [9.17, 15) is 0 Å². The number of halogens is 1. The third-order valence-electron chi connectivity index (χ3n) is 1.93. The van der Waals surface area contributed by atoms with Crippen LogP contribution in [-0.2, 0) is 0 Å². The highest BCUT2D eigenvalue weighted by Gasteiger charge is 2.26. The quantitative estimate of drug-likeness (QED) is 0.812. The second-order valence-electron chi connectivity index (χ2n) is 2.86. The molecule has 1 aromatic rings. The van der Waals surface area contributed by atoms with E-state index >= 15 is 0 Å². The molecule has 1 fully saturated rings. The average molecular weight is 236 g/mol. The fraction of sp³-hybridized carbons (Fsp3) is 0.714. The smallest absolute Gasteiger partial charge is 0.242 e. The molecule has 1 aromatic heterocycles. The van der Waals surface area contributed by atoms with Crippen molar-refractivity contribution in [3.8, 4) is 0 Å². The molecule has 1 aliphatic heterocycles. The number of nitrogens with zero attached hydrogens (tertiary/aromatic N) is 2. The van der Waals surface area contributed by atoms with Gasteiger partial charge in [0.05, 0.1) is 5.25 Å². The summed E-state index contributed by atoms with van der Waals surface area (Å²) in [4.78, 5) is 4.15. The molecule has 6 heteroatoms. The zero-order chi connectivity index (χ0) is 9.26. The minimum atomic E-state index is 0.318. The summed E-state index contributed by atoms with van der Waals surface area (Å²) in [5, 5.41) is 8.03. The number of aromatic nitrogens is 3. The van der Waals surface area contributed by atoms with Crippen LogP contribution in [0.2, 0.25) is 5.28 Å². The Kier molecular flexibility index (Phi) is 3.06. The lowest BCUT2D eigenvalue weighted by atomic mass is 10.3. The summed E-state index contributed by atoms with van der Waals surface area (Å²) in [6.45, 7) is 2.22. The number of rotatable bonds is 1. The molecule has 3 nitrogen and oxygen atoms in total. The third-order valence-corrected chi connectivity index (χ3v) is 5.20. The first-order valence-corrected chi connectivity index (χ1v) is 6.56. The summed E-state index contributed by atoms with van der Waals surface area (Å²) in [5.41, 5.74) is 0. The molecule has 2 unspecified atom stereocenters. The van der Waals surface area contributed by atoms with Crippen LogP contribution >= 0.6 is 35.1 Å². The van der Waals surface area contributed by atoms with Gasteiger partial charge in [0.25, 0.3) is 0 Å². The molecule has 0 aromatic carbocycles. The number of hydrogen-bond donors (Lipinski definition) is 1. The Morgan fingerprint density at radius 3 is 2.85 bits per heavy atom. The highest BCUT2D eigenvalue weighted by Crippen LogP contribution is 2.40. The van der Waals surface area contributed by atoms with Crippen molar-refractivity contribution in [3.05, 3.63) is 11.1 Å². The predicted molar refractivity (Wildman–Crippen MR) is 58.5 cm³/mol. The molecule has 0 bridgehead atoms. The molecule has 2 heterocycles. The summed E-state index contributed by atoms with van der Waals surface area (Å²) in [7, 11) is 0. The first kappa shape index (κ1) is 9.68. The van der Waals surface area contributed by atoms with E-state index in [4.69, 9.17) is 11.6 Å². The van der Waals surface area contributed by atoms with E-state index in [1.54, 1.807) is 0 Å². The lowest BCUT2D eigenvalue weighted by Crippen LogP contribution is -2.16. The fourth-order valence-corrected chi connectivity index (χ4v) is 4.15. The van der Waals surface area contributed by atoms with Gasteiger partial charge in [0.2, 0.25) is 5.28 Å². The monoisotopic (exact) mass is 235 g/mol. The van der Waals surface area contributed by atoms with Crippen molar-refractivity contribution in [2.24, 2.45) is 0 Å². The Hall–Kier alpha value is 0.130. The van der Waals surface area contributed by atoms with Crippen molar-refractivity contribution in [1.82, 2.24) is 15.2 Å². The summed E-state index contributed by atoms with van der Waals surface area (Å²) < 4.78 is 0. The highest BCUT2D eigenvalue weighted by molar-refractivity contribution is 8.06. The maximum Gasteiger partial charge on any atom is 0.242 e. The molecule has 0 saturated carbocycles. The first-order valence-electron chi connectivity index (χ1n) is 4.08. The Morgan fingerprint density at radius 2 is 2.23 bits per heavy atom. The predicted octanol–water partition coefficient (Wildman–Crippen LogP) is 2.37. The average Bonchev–Trinajstić information content (AvgIpc) is 2.53. The molecule has 1 aliphatic rings. The van der Waals surface area contributed by atoms with Crippen LogP contribution in [0.25, 0.3) is 0 Å². The van der Waals surface area contributed by atoms with Crippen molar-refractivity contribution < 1.29 is 0 Å². The minimum Gasteiger partial charge on any atom is -0.261 e. The molecule has 0 amide bonds. The van der Waals surface area contributed by atoms with E-state index < -0.39 is 0 Å². The molecule has 1 N–H and O–H groups in total. The summed E-state index contributed by atoms with van der Waals surface area (Å²) in [6, 6.07) is 0. The maximum atomic E-state index is 5.66. The second kappa shape index (κ2) is 4.11. The van der Waals surface area contributed by atoms with Crippen LogP contribution in [-0.4, -0.2) is 31.9 Å². The molecule has 0 radical (unpaired) electrons. The SMILES string of the molecule is CC1SCCSC1c1nc(Cl)n[nH]1. The molecule has 72 valence electrons. The first-order chi connectivity index (χ1) is 6.27. The van der Waals surface area contributed by atoms with Gasteiger partial charge < -0.3 is 0 Å². The largest absolute Gasteiger partial charge is 0.261 e. The molecule has 0 spiro atoms. The number of thioether (sulfide) groups is 2. The van der Waals surface area contributed by atoms with Crippen LogP contribution in [0.1, 0.15) is 18.0 Å². The van der Waals surface area contributed by atoms with E-state index in [1.807, 2.05) is 23.5 Å². The van der Waals surface area contributed by atoms with Gasteiger partial charge in [-0.1, -0.05) is 6.92 Å².